The molecular weight excluding hydrogens is 371 g/mol. The smallest absolute Gasteiger partial charge is 0.228 e. The minimum Gasteiger partial charge on any atom is -0.378 e. The summed E-state index contributed by atoms with van der Waals surface area (Å²) < 4.78 is 20.9. The lowest BCUT2D eigenvalue weighted by Gasteiger charge is -2.36. The largest absolute Gasteiger partial charge is 0.378 e. The molecule has 0 aliphatic carbocycles. The molecule has 0 spiro atoms. The van der Waals surface area contributed by atoms with Crippen molar-refractivity contribution in [3.05, 3.63) is 41.7 Å². The van der Waals surface area contributed by atoms with Crippen molar-refractivity contribution in [1.82, 2.24) is 14.9 Å². The first-order valence-corrected chi connectivity index (χ1v) is 10.2. The van der Waals surface area contributed by atoms with Gasteiger partial charge < -0.3 is 19.4 Å². The van der Waals surface area contributed by atoms with Crippen molar-refractivity contribution < 1.29 is 9.13 Å². The zero-order valence-electron chi connectivity index (χ0n) is 17.2. The highest BCUT2D eigenvalue weighted by Crippen LogP contribution is 2.29. The third-order valence-electron chi connectivity index (χ3n) is 5.44. The Labute approximate surface area is 171 Å². The molecule has 0 atom stereocenters. The minimum atomic E-state index is -0.325. The normalized spacial score (nSPS) is 18.2. The molecule has 0 amide bonds. The summed E-state index contributed by atoms with van der Waals surface area (Å²) in [5.74, 6) is 1.00. The van der Waals surface area contributed by atoms with Crippen LogP contribution in [-0.2, 0) is 11.3 Å². The van der Waals surface area contributed by atoms with Crippen LogP contribution in [0.25, 0.3) is 0 Å². The van der Waals surface area contributed by atoms with Gasteiger partial charge >= 0.3 is 0 Å². The maximum atomic E-state index is 15.4. The Balaban J connectivity index is 1.51. The van der Waals surface area contributed by atoms with Gasteiger partial charge in [0.25, 0.3) is 0 Å². The van der Waals surface area contributed by atoms with E-state index in [-0.39, 0.29) is 5.82 Å². The predicted molar refractivity (Wildman–Crippen MR) is 113 cm³/mol. The molecule has 0 bridgehead atoms. The number of benzene rings is 1. The first-order valence-electron chi connectivity index (χ1n) is 10.2. The Morgan fingerprint density at radius 1 is 0.897 bits per heavy atom. The second-order valence-electron chi connectivity index (χ2n) is 7.73. The topological polar surface area (TPSA) is 48.0 Å². The summed E-state index contributed by atoms with van der Waals surface area (Å²) in [5, 5.41) is 0. The van der Waals surface area contributed by atoms with Crippen molar-refractivity contribution in [2.75, 3.05) is 81.3 Å². The Kier molecular flexibility index (Phi) is 6.10. The fourth-order valence-electron chi connectivity index (χ4n) is 3.77. The molecular formula is C21H29FN6O. The molecule has 2 aromatic rings. The van der Waals surface area contributed by atoms with Gasteiger partial charge in [0.05, 0.1) is 13.2 Å². The van der Waals surface area contributed by atoms with Crippen LogP contribution in [0.15, 0.2) is 30.3 Å². The summed E-state index contributed by atoms with van der Waals surface area (Å²) in [6.45, 7) is 6.64. The monoisotopic (exact) mass is 400 g/mol. The molecule has 8 heteroatoms. The van der Waals surface area contributed by atoms with Crippen molar-refractivity contribution in [2.24, 2.45) is 0 Å². The lowest BCUT2D eigenvalue weighted by molar-refractivity contribution is 0.122. The summed E-state index contributed by atoms with van der Waals surface area (Å²) in [4.78, 5) is 17.3. The van der Waals surface area contributed by atoms with Crippen LogP contribution in [0.2, 0.25) is 0 Å². The SMILES string of the molecule is CN(C)c1nc(N2CCOCC2)c(F)c(N2CCN(Cc3ccccc3)CC2)n1. The second kappa shape index (κ2) is 8.92. The van der Waals surface area contributed by atoms with Crippen molar-refractivity contribution in [2.45, 2.75) is 6.54 Å². The highest BCUT2D eigenvalue weighted by molar-refractivity contribution is 5.57. The van der Waals surface area contributed by atoms with Gasteiger partial charge in [0.2, 0.25) is 11.8 Å². The summed E-state index contributed by atoms with van der Waals surface area (Å²) >= 11 is 0. The third-order valence-corrected chi connectivity index (χ3v) is 5.44. The zero-order chi connectivity index (χ0) is 20.2. The molecule has 0 N–H and O–H groups in total. The highest BCUT2D eigenvalue weighted by Gasteiger charge is 2.27. The van der Waals surface area contributed by atoms with Gasteiger partial charge in [0.15, 0.2) is 11.6 Å². The Bertz CT molecular complexity index is 804. The van der Waals surface area contributed by atoms with Crippen molar-refractivity contribution in [3.63, 3.8) is 0 Å². The van der Waals surface area contributed by atoms with Gasteiger partial charge in [-0.25, -0.2) is 0 Å². The van der Waals surface area contributed by atoms with E-state index >= 15 is 4.39 Å². The van der Waals surface area contributed by atoms with Gasteiger partial charge in [-0.15, -0.1) is 0 Å². The summed E-state index contributed by atoms with van der Waals surface area (Å²) in [6, 6.07) is 10.5. The molecule has 2 aliphatic rings. The average Bonchev–Trinajstić information content (AvgIpc) is 2.76. The number of piperazine rings is 1. The van der Waals surface area contributed by atoms with Gasteiger partial charge in [-0.1, -0.05) is 30.3 Å². The van der Waals surface area contributed by atoms with E-state index in [0.717, 1.165) is 32.7 Å². The maximum absolute atomic E-state index is 15.4. The Hall–Kier alpha value is -2.45. The highest BCUT2D eigenvalue weighted by atomic mass is 19.1. The Morgan fingerprint density at radius 3 is 2.07 bits per heavy atom. The second-order valence-corrected chi connectivity index (χ2v) is 7.73. The number of aromatic nitrogens is 2. The molecule has 7 nitrogen and oxygen atoms in total. The molecule has 0 saturated carbocycles. The van der Waals surface area contributed by atoms with Crippen LogP contribution in [0.3, 0.4) is 0 Å². The summed E-state index contributed by atoms with van der Waals surface area (Å²) in [7, 11) is 3.77. The van der Waals surface area contributed by atoms with Crippen LogP contribution in [0.1, 0.15) is 5.56 Å². The standard InChI is InChI=1S/C21H29FN6O/c1-25(2)21-23-19(18(22)20(24-21)28-12-14-29-15-13-28)27-10-8-26(9-11-27)16-17-6-4-3-5-7-17/h3-7H,8-16H2,1-2H3. The molecule has 3 heterocycles. The first kappa shape index (κ1) is 19.8. The first-order chi connectivity index (χ1) is 14.1. The van der Waals surface area contributed by atoms with E-state index in [1.54, 1.807) is 0 Å². The summed E-state index contributed by atoms with van der Waals surface area (Å²) in [6.07, 6.45) is 0. The molecule has 2 aliphatic heterocycles. The fourth-order valence-corrected chi connectivity index (χ4v) is 3.77. The van der Waals surface area contributed by atoms with Gasteiger partial charge in [-0.2, -0.15) is 14.4 Å². The van der Waals surface area contributed by atoms with E-state index in [4.69, 9.17) is 4.74 Å². The van der Waals surface area contributed by atoms with E-state index in [2.05, 4.69) is 44.0 Å². The Morgan fingerprint density at radius 2 is 1.48 bits per heavy atom. The van der Waals surface area contributed by atoms with E-state index < -0.39 is 0 Å². The van der Waals surface area contributed by atoms with Crippen molar-refractivity contribution in [1.29, 1.82) is 0 Å². The number of ether oxygens (including phenoxy) is 1. The maximum Gasteiger partial charge on any atom is 0.228 e. The van der Waals surface area contributed by atoms with Crippen LogP contribution < -0.4 is 14.7 Å². The van der Waals surface area contributed by atoms with Gasteiger partial charge in [-0.05, 0) is 5.56 Å². The summed E-state index contributed by atoms with van der Waals surface area (Å²) in [5.41, 5.74) is 1.30. The average molecular weight is 401 g/mol. The van der Waals surface area contributed by atoms with E-state index in [1.165, 1.54) is 5.56 Å². The molecule has 2 saturated heterocycles. The molecule has 156 valence electrons. The van der Waals surface area contributed by atoms with Crippen molar-refractivity contribution >= 4 is 17.6 Å². The van der Waals surface area contributed by atoms with Crippen LogP contribution in [0, 0.1) is 5.82 Å². The molecule has 0 radical (unpaired) electrons. The van der Waals surface area contributed by atoms with Crippen LogP contribution in [0.4, 0.5) is 22.0 Å². The van der Waals surface area contributed by atoms with Crippen LogP contribution in [0.5, 0.6) is 0 Å². The number of hydrogen-bond donors (Lipinski definition) is 0. The zero-order valence-corrected chi connectivity index (χ0v) is 17.2. The third kappa shape index (κ3) is 4.59. The number of rotatable bonds is 5. The number of morpholine rings is 1. The molecule has 0 unspecified atom stereocenters. The quantitative estimate of drug-likeness (QED) is 0.759. The van der Waals surface area contributed by atoms with E-state index in [1.807, 2.05) is 30.0 Å². The molecule has 1 aromatic heterocycles. The van der Waals surface area contributed by atoms with Crippen LogP contribution >= 0.6 is 0 Å². The number of anilines is 3. The number of nitrogens with zero attached hydrogens (tertiary/aromatic N) is 6. The van der Waals surface area contributed by atoms with Gasteiger partial charge in [0, 0.05) is 59.9 Å². The van der Waals surface area contributed by atoms with E-state index in [0.29, 0.717) is 43.9 Å². The lowest BCUT2D eigenvalue weighted by Crippen LogP contribution is -2.47. The molecule has 1 aromatic carbocycles. The van der Waals surface area contributed by atoms with Crippen molar-refractivity contribution in [3.8, 4) is 0 Å². The molecule has 29 heavy (non-hydrogen) atoms. The number of hydrogen-bond acceptors (Lipinski definition) is 7. The lowest BCUT2D eigenvalue weighted by atomic mass is 10.2. The predicted octanol–water partition coefficient (Wildman–Crippen LogP) is 1.84. The fraction of sp³-hybridized carbons (Fsp3) is 0.524. The van der Waals surface area contributed by atoms with Gasteiger partial charge in [-0.3, -0.25) is 4.90 Å². The van der Waals surface area contributed by atoms with Gasteiger partial charge in [0.1, 0.15) is 0 Å². The number of halogens is 1. The molecule has 4 rings (SSSR count). The molecule has 2 fully saturated rings. The van der Waals surface area contributed by atoms with Crippen LogP contribution in [-0.4, -0.2) is 81.4 Å². The minimum absolute atomic E-state index is 0.325. The van der Waals surface area contributed by atoms with E-state index in [9.17, 15) is 0 Å².